The summed E-state index contributed by atoms with van der Waals surface area (Å²) in [6.45, 7) is 0. The lowest BCUT2D eigenvalue weighted by Gasteiger charge is -2.14. The standard InChI is InChI=1S/C25H24N2O4/c28-24(18-7-2-1-3-8-18)27-23(17-22-11-6-16-30-22)25(29)26-19-12-14-21(15-13-19)31-20-9-4-5-10-20/h1-3,6-8,11-17,20H,4-5,9-10H2,(H,26,29)(H,27,28)/b23-17-. The van der Waals surface area contributed by atoms with Gasteiger partial charge in [0.25, 0.3) is 11.8 Å². The first kappa shape index (κ1) is 20.5. The quantitative estimate of drug-likeness (QED) is 0.531. The molecule has 6 heteroatoms. The van der Waals surface area contributed by atoms with E-state index in [-0.39, 0.29) is 17.7 Å². The monoisotopic (exact) mass is 416 g/mol. The van der Waals surface area contributed by atoms with Crippen LogP contribution in [0.5, 0.6) is 5.75 Å². The van der Waals surface area contributed by atoms with Gasteiger partial charge in [0, 0.05) is 17.3 Å². The molecule has 0 radical (unpaired) electrons. The number of carbonyl (C=O) groups excluding carboxylic acids is 2. The van der Waals surface area contributed by atoms with Crippen molar-refractivity contribution in [1.29, 1.82) is 0 Å². The number of nitrogens with one attached hydrogen (secondary N) is 2. The lowest BCUT2D eigenvalue weighted by atomic mass is 10.2. The summed E-state index contributed by atoms with van der Waals surface area (Å²) in [4.78, 5) is 25.5. The van der Waals surface area contributed by atoms with E-state index >= 15 is 0 Å². The van der Waals surface area contributed by atoms with Gasteiger partial charge in [-0.2, -0.15) is 0 Å². The van der Waals surface area contributed by atoms with Gasteiger partial charge in [-0.15, -0.1) is 0 Å². The number of carbonyl (C=O) groups is 2. The Morgan fingerprint density at radius 3 is 2.35 bits per heavy atom. The molecule has 6 nitrogen and oxygen atoms in total. The van der Waals surface area contributed by atoms with Gasteiger partial charge in [0.05, 0.1) is 12.4 Å². The van der Waals surface area contributed by atoms with Crippen LogP contribution in [0.25, 0.3) is 6.08 Å². The van der Waals surface area contributed by atoms with Crippen LogP contribution in [0.3, 0.4) is 0 Å². The maximum Gasteiger partial charge on any atom is 0.272 e. The largest absolute Gasteiger partial charge is 0.490 e. The Morgan fingerprint density at radius 2 is 1.68 bits per heavy atom. The third-order valence-electron chi connectivity index (χ3n) is 5.08. The number of furan rings is 1. The Kier molecular flexibility index (Phi) is 6.47. The van der Waals surface area contributed by atoms with Crippen LogP contribution in [0.2, 0.25) is 0 Å². The number of ether oxygens (including phenoxy) is 1. The molecule has 0 saturated heterocycles. The van der Waals surface area contributed by atoms with Crippen molar-refractivity contribution in [2.45, 2.75) is 31.8 Å². The van der Waals surface area contributed by atoms with Crippen molar-refractivity contribution < 1.29 is 18.7 Å². The molecule has 1 heterocycles. The minimum Gasteiger partial charge on any atom is -0.490 e. The third-order valence-corrected chi connectivity index (χ3v) is 5.08. The molecular formula is C25H24N2O4. The van der Waals surface area contributed by atoms with Crippen LogP contribution < -0.4 is 15.4 Å². The van der Waals surface area contributed by atoms with Crippen molar-refractivity contribution >= 4 is 23.6 Å². The van der Waals surface area contributed by atoms with E-state index in [1.807, 2.05) is 18.2 Å². The lowest BCUT2D eigenvalue weighted by Crippen LogP contribution is -2.30. The Balaban J connectivity index is 1.46. The summed E-state index contributed by atoms with van der Waals surface area (Å²) >= 11 is 0. The number of rotatable bonds is 7. The molecule has 3 aromatic rings. The molecule has 0 aliphatic heterocycles. The summed E-state index contributed by atoms with van der Waals surface area (Å²) in [7, 11) is 0. The van der Waals surface area contributed by atoms with Crippen molar-refractivity contribution in [3.05, 3.63) is 90.0 Å². The second kappa shape index (κ2) is 9.80. The Labute approximate surface area is 180 Å². The van der Waals surface area contributed by atoms with Crippen LogP contribution in [0.1, 0.15) is 41.8 Å². The Morgan fingerprint density at radius 1 is 0.935 bits per heavy atom. The molecule has 1 fully saturated rings. The highest BCUT2D eigenvalue weighted by Gasteiger charge is 2.17. The molecule has 31 heavy (non-hydrogen) atoms. The zero-order valence-electron chi connectivity index (χ0n) is 17.0. The average Bonchev–Trinajstić information content (AvgIpc) is 3.49. The predicted molar refractivity (Wildman–Crippen MR) is 119 cm³/mol. The van der Waals surface area contributed by atoms with E-state index in [0.29, 0.717) is 17.0 Å². The molecule has 1 saturated carbocycles. The summed E-state index contributed by atoms with van der Waals surface area (Å²) in [6.07, 6.45) is 7.85. The molecule has 4 rings (SSSR count). The maximum absolute atomic E-state index is 12.9. The molecule has 2 amide bonds. The van der Waals surface area contributed by atoms with Crippen LogP contribution in [0.4, 0.5) is 5.69 Å². The zero-order valence-corrected chi connectivity index (χ0v) is 17.0. The first-order valence-electron chi connectivity index (χ1n) is 10.4. The molecule has 1 aliphatic rings. The Hall–Kier alpha value is -3.80. The van der Waals surface area contributed by atoms with Crippen LogP contribution in [-0.2, 0) is 4.79 Å². The van der Waals surface area contributed by atoms with E-state index in [0.717, 1.165) is 18.6 Å². The first-order valence-corrected chi connectivity index (χ1v) is 10.4. The van der Waals surface area contributed by atoms with Crippen molar-refractivity contribution in [3.63, 3.8) is 0 Å². The number of hydrogen-bond acceptors (Lipinski definition) is 4. The average molecular weight is 416 g/mol. The second-order valence-corrected chi connectivity index (χ2v) is 7.40. The van der Waals surface area contributed by atoms with Crippen LogP contribution in [-0.4, -0.2) is 17.9 Å². The van der Waals surface area contributed by atoms with E-state index < -0.39 is 5.91 Å². The molecule has 1 aliphatic carbocycles. The Bertz CT molecular complexity index is 1030. The SMILES string of the molecule is O=C(Nc1ccc(OC2CCCC2)cc1)/C(=C/c1ccco1)NC(=O)c1ccccc1. The fraction of sp³-hybridized carbons (Fsp3) is 0.200. The van der Waals surface area contributed by atoms with E-state index in [2.05, 4.69) is 10.6 Å². The molecular weight excluding hydrogens is 392 g/mol. The lowest BCUT2D eigenvalue weighted by molar-refractivity contribution is -0.113. The summed E-state index contributed by atoms with van der Waals surface area (Å²) < 4.78 is 11.3. The van der Waals surface area contributed by atoms with Crippen molar-refractivity contribution in [3.8, 4) is 5.75 Å². The van der Waals surface area contributed by atoms with Gasteiger partial charge in [0.15, 0.2) is 0 Å². The van der Waals surface area contributed by atoms with Crippen molar-refractivity contribution in [1.82, 2.24) is 5.32 Å². The molecule has 0 spiro atoms. The summed E-state index contributed by atoms with van der Waals surface area (Å²) in [6, 6.07) is 19.4. The third kappa shape index (κ3) is 5.63. The highest BCUT2D eigenvalue weighted by Crippen LogP contribution is 2.25. The molecule has 0 bridgehead atoms. The fourth-order valence-corrected chi connectivity index (χ4v) is 3.47. The molecule has 0 unspecified atom stereocenters. The van der Waals surface area contributed by atoms with Gasteiger partial charge < -0.3 is 19.8 Å². The van der Waals surface area contributed by atoms with Gasteiger partial charge in [-0.25, -0.2) is 0 Å². The smallest absolute Gasteiger partial charge is 0.272 e. The second-order valence-electron chi connectivity index (χ2n) is 7.40. The summed E-state index contributed by atoms with van der Waals surface area (Å²) in [5.41, 5.74) is 1.13. The van der Waals surface area contributed by atoms with Gasteiger partial charge in [0.2, 0.25) is 0 Å². The van der Waals surface area contributed by atoms with Gasteiger partial charge in [-0.05, 0) is 74.2 Å². The topological polar surface area (TPSA) is 80.6 Å². The maximum atomic E-state index is 12.9. The molecule has 2 aromatic carbocycles. The molecule has 1 aromatic heterocycles. The summed E-state index contributed by atoms with van der Waals surface area (Å²) in [5.74, 6) is 0.409. The number of hydrogen-bond donors (Lipinski definition) is 2. The summed E-state index contributed by atoms with van der Waals surface area (Å²) in [5, 5.41) is 5.49. The van der Waals surface area contributed by atoms with Crippen LogP contribution >= 0.6 is 0 Å². The van der Waals surface area contributed by atoms with Crippen molar-refractivity contribution in [2.75, 3.05) is 5.32 Å². The minimum atomic E-state index is -0.454. The van der Waals surface area contributed by atoms with Gasteiger partial charge in [-0.1, -0.05) is 18.2 Å². The van der Waals surface area contributed by atoms with Gasteiger partial charge in [-0.3, -0.25) is 9.59 Å². The van der Waals surface area contributed by atoms with Crippen molar-refractivity contribution in [2.24, 2.45) is 0 Å². The highest BCUT2D eigenvalue weighted by molar-refractivity contribution is 6.10. The van der Waals surface area contributed by atoms with Crippen LogP contribution in [0, 0.1) is 0 Å². The van der Waals surface area contributed by atoms with E-state index in [1.54, 1.807) is 48.5 Å². The molecule has 2 N–H and O–H groups in total. The normalized spacial score (nSPS) is 14.3. The minimum absolute atomic E-state index is 0.0788. The predicted octanol–water partition coefficient (Wildman–Crippen LogP) is 5.01. The molecule has 0 atom stereocenters. The van der Waals surface area contributed by atoms with Gasteiger partial charge in [0.1, 0.15) is 17.2 Å². The van der Waals surface area contributed by atoms with E-state index in [9.17, 15) is 9.59 Å². The number of amides is 2. The fourth-order valence-electron chi connectivity index (χ4n) is 3.47. The van der Waals surface area contributed by atoms with Gasteiger partial charge >= 0.3 is 0 Å². The van der Waals surface area contributed by atoms with E-state index in [1.165, 1.54) is 25.2 Å². The first-order chi connectivity index (χ1) is 15.2. The van der Waals surface area contributed by atoms with Crippen LogP contribution in [0.15, 0.2) is 83.1 Å². The van der Waals surface area contributed by atoms with E-state index in [4.69, 9.17) is 9.15 Å². The number of anilines is 1. The zero-order chi connectivity index (χ0) is 21.5. The molecule has 158 valence electrons. The number of benzene rings is 2. The highest BCUT2D eigenvalue weighted by atomic mass is 16.5.